The Hall–Kier alpha value is -2.70. The van der Waals surface area contributed by atoms with Crippen LogP contribution in [0.15, 0.2) is 30.5 Å². The molecule has 0 saturated carbocycles. The fraction of sp³-hybridized carbons (Fsp3) is 0.389. The molecule has 2 rings (SSSR count). The average Bonchev–Trinajstić information content (AvgIpc) is 2.99. The SMILES string of the molecule is CC(C)c1c(C(=O)NC(C)C(C)C(=O)O)cnn1-c1ccc(F)cc1. The zero-order valence-electron chi connectivity index (χ0n) is 14.7. The molecule has 0 aliphatic heterocycles. The summed E-state index contributed by atoms with van der Waals surface area (Å²) in [6, 6.07) is 5.31. The van der Waals surface area contributed by atoms with Crippen LogP contribution in [0.5, 0.6) is 0 Å². The third kappa shape index (κ3) is 4.04. The summed E-state index contributed by atoms with van der Waals surface area (Å²) in [6.45, 7) is 7.04. The van der Waals surface area contributed by atoms with Crippen LogP contribution in [-0.4, -0.2) is 32.8 Å². The van der Waals surface area contributed by atoms with Gasteiger partial charge in [0.1, 0.15) is 5.82 Å². The molecule has 0 saturated heterocycles. The van der Waals surface area contributed by atoms with Gasteiger partial charge in [-0.25, -0.2) is 9.07 Å². The van der Waals surface area contributed by atoms with Gasteiger partial charge in [0.15, 0.2) is 0 Å². The molecule has 0 aliphatic rings. The number of carboxylic acids is 1. The highest BCUT2D eigenvalue weighted by atomic mass is 19.1. The van der Waals surface area contributed by atoms with Crippen LogP contribution in [-0.2, 0) is 4.79 Å². The molecule has 2 unspecified atom stereocenters. The third-order valence-electron chi connectivity index (χ3n) is 4.17. The summed E-state index contributed by atoms with van der Waals surface area (Å²) in [7, 11) is 0. The molecule has 25 heavy (non-hydrogen) atoms. The van der Waals surface area contributed by atoms with E-state index in [1.165, 1.54) is 18.3 Å². The molecular weight excluding hydrogens is 325 g/mol. The normalized spacial score (nSPS) is 13.5. The molecule has 0 bridgehead atoms. The number of nitrogens with zero attached hydrogens (tertiary/aromatic N) is 2. The molecule has 1 amide bonds. The summed E-state index contributed by atoms with van der Waals surface area (Å²) in [6.07, 6.45) is 1.45. The van der Waals surface area contributed by atoms with Gasteiger partial charge in [0, 0.05) is 6.04 Å². The molecule has 2 atom stereocenters. The number of aromatic nitrogens is 2. The number of halogens is 1. The van der Waals surface area contributed by atoms with Crippen LogP contribution in [0, 0.1) is 11.7 Å². The number of hydrogen-bond donors (Lipinski definition) is 2. The number of carbonyl (C=O) groups excluding carboxylic acids is 1. The van der Waals surface area contributed by atoms with Crippen molar-refractivity contribution in [3.05, 3.63) is 47.5 Å². The van der Waals surface area contributed by atoms with E-state index in [0.717, 1.165) is 0 Å². The number of hydrogen-bond acceptors (Lipinski definition) is 3. The zero-order chi connectivity index (χ0) is 18.7. The molecule has 6 nitrogen and oxygen atoms in total. The molecule has 7 heteroatoms. The summed E-state index contributed by atoms with van der Waals surface area (Å²) in [5.41, 5.74) is 1.71. The second-order valence-electron chi connectivity index (χ2n) is 6.38. The minimum absolute atomic E-state index is 0.0134. The maximum absolute atomic E-state index is 13.1. The van der Waals surface area contributed by atoms with Gasteiger partial charge in [0.25, 0.3) is 5.91 Å². The van der Waals surface area contributed by atoms with E-state index in [9.17, 15) is 14.0 Å². The third-order valence-corrected chi connectivity index (χ3v) is 4.17. The molecule has 1 heterocycles. The van der Waals surface area contributed by atoms with Crippen molar-refractivity contribution in [2.75, 3.05) is 0 Å². The number of carbonyl (C=O) groups is 2. The number of carboxylic acid groups (broad SMARTS) is 1. The molecular formula is C18H22FN3O3. The Morgan fingerprint density at radius 3 is 2.28 bits per heavy atom. The minimum atomic E-state index is -0.973. The van der Waals surface area contributed by atoms with Crippen LogP contribution in [0.3, 0.4) is 0 Å². The van der Waals surface area contributed by atoms with E-state index in [2.05, 4.69) is 10.4 Å². The largest absolute Gasteiger partial charge is 0.481 e. The lowest BCUT2D eigenvalue weighted by atomic mass is 10.0. The van der Waals surface area contributed by atoms with Crippen molar-refractivity contribution >= 4 is 11.9 Å². The first-order chi connectivity index (χ1) is 11.7. The van der Waals surface area contributed by atoms with Crippen molar-refractivity contribution in [1.29, 1.82) is 0 Å². The Morgan fingerprint density at radius 2 is 1.76 bits per heavy atom. The second-order valence-corrected chi connectivity index (χ2v) is 6.38. The molecule has 2 aromatic rings. The van der Waals surface area contributed by atoms with Gasteiger partial charge in [0.2, 0.25) is 0 Å². The minimum Gasteiger partial charge on any atom is -0.481 e. The quantitative estimate of drug-likeness (QED) is 0.841. The predicted octanol–water partition coefficient (Wildman–Crippen LogP) is 2.97. The highest BCUT2D eigenvalue weighted by molar-refractivity contribution is 5.96. The van der Waals surface area contributed by atoms with Crippen molar-refractivity contribution < 1.29 is 19.1 Å². The van der Waals surface area contributed by atoms with Gasteiger partial charge in [-0.1, -0.05) is 13.8 Å². The number of amides is 1. The predicted molar refractivity (Wildman–Crippen MR) is 91.3 cm³/mol. The van der Waals surface area contributed by atoms with Crippen LogP contribution < -0.4 is 5.32 Å². The Kier molecular flexibility index (Phi) is 5.56. The van der Waals surface area contributed by atoms with Crippen molar-refractivity contribution in [2.45, 2.75) is 39.7 Å². The lowest BCUT2D eigenvalue weighted by Crippen LogP contribution is -2.40. The van der Waals surface area contributed by atoms with Gasteiger partial charge < -0.3 is 10.4 Å². The maximum atomic E-state index is 13.1. The fourth-order valence-corrected chi connectivity index (χ4v) is 2.50. The van der Waals surface area contributed by atoms with Gasteiger partial charge in [-0.05, 0) is 44.0 Å². The van der Waals surface area contributed by atoms with E-state index >= 15 is 0 Å². The van der Waals surface area contributed by atoms with Gasteiger partial charge in [0.05, 0.1) is 29.1 Å². The van der Waals surface area contributed by atoms with Crippen LogP contribution in [0.2, 0.25) is 0 Å². The van der Waals surface area contributed by atoms with E-state index in [0.29, 0.717) is 16.9 Å². The molecule has 0 aliphatic carbocycles. The van der Waals surface area contributed by atoms with Gasteiger partial charge in [-0.2, -0.15) is 5.10 Å². The summed E-state index contributed by atoms with van der Waals surface area (Å²) in [5.74, 6) is -2.42. The number of rotatable bonds is 6. The monoisotopic (exact) mass is 347 g/mol. The number of aliphatic carboxylic acids is 1. The molecule has 1 aromatic carbocycles. The van der Waals surface area contributed by atoms with Crippen molar-refractivity contribution in [3.8, 4) is 5.69 Å². The standard InChI is InChI=1S/C18H22FN3O3/c1-10(2)16-15(17(23)21-12(4)11(3)18(24)25)9-20-22(16)14-7-5-13(19)6-8-14/h5-12H,1-4H3,(H,21,23)(H,24,25). The Balaban J connectivity index is 2.34. The first-order valence-electron chi connectivity index (χ1n) is 8.10. The van der Waals surface area contributed by atoms with E-state index in [-0.39, 0.29) is 17.6 Å². The lowest BCUT2D eigenvalue weighted by Gasteiger charge is -2.18. The average molecular weight is 347 g/mol. The van der Waals surface area contributed by atoms with Crippen LogP contribution in [0.4, 0.5) is 4.39 Å². The van der Waals surface area contributed by atoms with E-state index in [1.54, 1.807) is 30.7 Å². The molecule has 134 valence electrons. The van der Waals surface area contributed by atoms with Crippen molar-refractivity contribution in [2.24, 2.45) is 5.92 Å². The van der Waals surface area contributed by atoms with E-state index in [1.807, 2.05) is 13.8 Å². The molecule has 0 fully saturated rings. The van der Waals surface area contributed by atoms with Crippen LogP contribution in [0.25, 0.3) is 5.69 Å². The van der Waals surface area contributed by atoms with Gasteiger partial charge in [-0.15, -0.1) is 0 Å². The highest BCUT2D eigenvalue weighted by Crippen LogP contribution is 2.23. The van der Waals surface area contributed by atoms with Gasteiger partial charge in [-0.3, -0.25) is 9.59 Å². The molecule has 0 radical (unpaired) electrons. The molecule has 2 N–H and O–H groups in total. The van der Waals surface area contributed by atoms with Crippen molar-refractivity contribution in [3.63, 3.8) is 0 Å². The Labute approximate surface area is 145 Å². The van der Waals surface area contributed by atoms with Crippen LogP contribution >= 0.6 is 0 Å². The number of nitrogens with one attached hydrogen (secondary N) is 1. The van der Waals surface area contributed by atoms with Gasteiger partial charge >= 0.3 is 5.97 Å². The maximum Gasteiger partial charge on any atom is 0.308 e. The summed E-state index contributed by atoms with van der Waals surface area (Å²) >= 11 is 0. The smallest absolute Gasteiger partial charge is 0.308 e. The van der Waals surface area contributed by atoms with E-state index < -0.39 is 17.9 Å². The Morgan fingerprint density at radius 1 is 1.16 bits per heavy atom. The first kappa shape index (κ1) is 18.6. The summed E-state index contributed by atoms with van der Waals surface area (Å²) in [4.78, 5) is 23.6. The molecule has 0 spiro atoms. The number of benzene rings is 1. The Bertz CT molecular complexity index is 768. The molecule has 1 aromatic heterocycles. The first-order valence-corrected chi connectivity index (χ1v) is 8.10. The summed E-state index contributed by atoms with van der Waals surface area (Å²) < 4.78 is 14.7. The summed E-state index contributed by atoms with van der Waals surface area (Å²) in [5, 5.41) is 16.0. The van der Waals surface area contributed by atoms with E-state index in [4.69, 9.17) is 5.11 Å². The zero-order valence-corrected chi connectivity index (χ0v) is 14.7. The van der Waals surface area contributed by atoms with Crippen molar-refractivity contribution in [1.82, 2.24) is 15.1 Å². The topological polar surface area (TPSA) is 84.2 Å². The van der Waals surface area contributed by atoms with Crippen LogP contribution in [0.1, 0.15) is 49.7 Å². The lowest BCUT2D eigenvalue weighted by molar-refractivity contribution is -0.141. The highest BCUT2D eigenvalue weighted by Gasteiger charge is 2.25. The fourth-order valence-electron chi connectivity index (χ4n) is 2.50. The second kappa shape index (κ2) is 7.46.